The Labute approximate surface area is 173 Å². The molecule has 0 unspecified atom stereocenters. The van der Waals surface area contributed by atoms with Crippen LogP contribution < -0.4 is 0 Å². The molecule has 1 amide bonds. The molecule has 1 aliphatic rings. The van der Waals surface area contributed by atoms with E-state index in [1.807, 2.05) is 24.0 Å². The summed E-state index contributed by atoms with van der Waals surface area (Å²) < 4.78 is 10.8. The van der Waals surface area contributed by atoms with E-state index in [-0.39, 0.29) is 5.91 Å². The third-order valence-corrected chi connectivity index (χ3v) is 5.53. The van der Waals surface area contributed by atoms with Gasteiger partial charge in [0.05, 0.1) is 22.9 Å². The minimum absolute atomic E-state index is 0.0270. The second-order valence-corrected chi connectivity index (χ2v) is 7.53. The minimum atomic E-state index is -0.0270. The number of hydrogen-bond donors (Lipinski definition) is 0. The topological polar surface area (TPSA) is 75.6 Å². The zero-order valence-electron chi connectivity index (χ0n) is 16.7. The summed E-state index contributed by atoms with van der Waals surface area (Å²) in [5.74, 6) is 0.563. The van der Waals surface area contributed by atoms with Crippen LogP contribution in [0.5, 0.6) is 0 Å². The van der Waals surface area contributed by atoms with Crippen molar-refractivity contribution in [2.75, 3.05) is 26.2 Å². The maximum absolute atomic E-state index is 13.4. The molecule has 3 aromatic heterocycles. The summed E-state index contributed by atoms with van der Waals surface area (Å²) in [5, 5.41) is 4.69. The molecule has 4 aromatic rings. The first-order valence-corrected chi connectivity index (χ1v) is 10.1. The van der Waals surface area contributed by atoms with E-state index in [9.17, 15) is 4.79 Å². The van der Waals surface area contributed by atoms with Gasteiger partial charge in [-0.3, -0.25) is 9.69 Å². The van der Waals surface area contributed by atoms with Crippen molar-refractivity contribution in [3.8, 4) is 11.5 Å². The van der Waals surface area contributed by atoms with Gasteiger partial charge in [-0.25, -0.2) is 4.98 Å². The van der Waals surface area contributed by atoms with E-state index in [1.165, 1.54) is 5.56 Å². The fraction of sp³-hybridized carbons (Fsp3) is 0.261. The Morgan fingerprint density at radius 3 is 2.60 bits per heavy atom. The Morgan fingerprint density at radius 1 is 1.07 bits per heavy atom. The van der Waals surface area contributed by atoms with Gasteiger partial charge in [0.25, 0.3) is 11.6 Å². The smallest absolute Gasteiger partial charge is 0.259 e. The van der Waals surface area contributed by atoms with Crippen LogP contribution in [0.3, 0.4) is 0 Å². The van der Waals surface area contributed by atoms with Gasteiger partial charge in [-0.1, -0.05) is 35.5 Å². The fourth-order valence-electron chi connectivity index (χ4n) is 3.93. The molecule has 0 aliphatic carbocycles. The highest BCUT2D eigenvalue weighted by atomic mass is 16.5. The average molecular weight is 402 g/mol. The van der Waals surface area contributed by atoms with Crippen molar-refractivity contribution in [1.29, 1.82) is 0 Å². The summed E-state index contributed by atoms with van der Waals surface area (Å²) in [7, 11) is 0. The summed E-state index contributed by atoms with van der Waals surface area (Å²) in [5.41, 5.74) is 3.43. The van der Waals surface area contributed by atoms with Crippen molar-refractivity contribution in [2.45, 2.75) is 13.5 Å². The van der Waals surface area contributed by atoms with E-state index in [2.05, 4.69) is 39.3 Å². The van der Waals surface area contributed by atoms with Crippen molar-refractivity contribution in [3.63, 3.8) is 0 Å². The largest absolute Gasteiger partial charge is 0.463 e. The zero-order valence-corrected chi connectivity index (χ0v) is 16.7. The van der Waals surface area contributed by atoms with Gasteiger partial charge in [0, 0.05) is 32.7 Å². The van der Waals surface area contributed by atoms with Crippen LogP contribution in [0.2, 0.25) is 0 Å². The van der Waals surface area contributed by atoms with Crippen LogP contribution in [0.15, 0.2) is 63.7 Å². The van der Waals surface area contributed by atoms with Gasteiger partial charge in [-0.2, -0.15) is 0 Å². The average Bonchev–Trinajstić information content (AvgIpc) is 3.44. The van der Waals surface area contributed by atoms with Gasteiger partial charge in [-0.15, -0.1) is 0 Å². The van der Waals surface area contributed by atoms with E-state index in [1.54, 1.807) is 18.4 Å². The number of nitrogens with zero attached hydrogens (tertiary/aromatic N) is 4. The molecule has 1 saturated heterocycles. The predicted molar refractivity (Wildman–Crippen MR) is 112 cm³/mol. The van der Waals surface area contributed by atoms with Crippen LogP contribution in [-0.4, -0.2) is 52.0 Å². The molecule has 1 aliphatic heterocycles. The van der Waals surface area contributed by atoms with Gasteiger partial charge in [0.2, 0.25) is 0 Å². The van der Waals surface area contributed by atoms with Crippen molar-refractivity contribution in [3.05, 3.63) is 71.6 Å². The molecule has 5 rings (SSSR count). The molecule has 0 N–H and O–H groups in total. The number of aromatic nitrogens is 2. The number of rotatable bonds is 4. The molecule has 0 saturated carbocycles. The van der Waals surface area contributed by atoms with Crippen LogP contribution in [0.25, 0.3) is 22.6 Å². The number of hydrogen-bond acceptors (Lipinski definition) is 6. The first-order chi connectivity index (χ1) is 14.7. The molecule has 30 heavy (non-hydrogen) atoms. The number of piperazine rings is 1. The summed E-state index contributed by atoms with van der Waals surface area (Å²) in [6.45, 7) is 5.75. The highest BCUT2D eigenvalue weighted by Gasteiger charge is 2.26. The molecule has 0 radical (unpaired) electrons. The number of pyridine rings is 1. The van der Waals surface area contributed by atoms with Gasteiger partial charge in [0.15, 0.2) is 5.76 Å². The standard InChI is InChI=1S/C23H22N4O3/c1-16-21-18(14-19(20-8-5-13-29-20)24-22(21)30-25-16)23(28)27-11-9-26(10-12-27)15-17-6-3-2-4-7-17/h2-8,13-14H,9-12,15H2,1H3. The van der Waals surface area contributed by atoms with Gasteiger partial charge in [-0.05, 0) is 30.7 Å². The Balaban J connectivity index is 1.38. The van der Waals surface area contributed by atoms with Gasteiger partial charge < -0.3 is 13.8 Å². The number of fused-ring (bicyclic) bond motifs is 1. The van der Waals surface area contributed by atoms with Gasteiger partial charge in [0.1, 0.15) is 5.69 Å². The van der Waals surface area contributed by atoms with Crippen LogP contribution >= 0.6 is 0 Å². The summed E-state index contributed by atoms with van der Waals surface area (Å²) in [6, 6.07) is 15.8. The highest BCUT2D eigenvalue weighted by Crippen LogP contribution is 2.28. The van der Waals surface area contributed by atoms with Crippen molar-refractivity contribution >= 4 is 17.0 Å². The fourth-order valence-corrected chi connectivity index (χ4v) is 3.93. The van der Waals surface area contributed by atoms with Crippen LogP contribution in [0.4, 0.5) is 0 Å². The lowest BCUT2D eigenvalue weighted by molar-refractivity contribution is 0.0630. The first-order valence-electron chi connectivity index (χ1n) is 10.1. The van der Waals surface area contributed by atoms with Crippen molar-refractivity contribution < 1.29 is 13.7 Å². The van der Waals surface area contributed by atoms with Gasteiger partial charge >= 0.3 is 0 Å². The summed E-state index contributed by atoms with van der Waals surface area (Å²) in [6.07, 6.45) is 1.58. The number of carbonyl (C=O) groups is 1. The lowest BCUT2D eigenvalue weighted by Crippen LogP contribution is -2.48. The zero-order chi connectivity index (χ0) is 20.5. The molecule has 0 bridgehead atoms. The van der Waals surface area contributed by atoms with E-state index < -0.39 is 0 Å². The molecular formula is C23H22N4O3. The molecule has 4 heterocycles. The SMILES string of the molecule is Cc1noc2nc(-c3ccco3)cc(C(=O)N3CCN(Cc4ccccc4)CC3)c12. The number of furan rings is 1. The lowest BCUT2D eigenvalue weighted by atomic mass is 10.1. The van der Waals surface area contributed by atoms with Crippen molar-refractivity contribution in [1.82, 2.24) is 19.9 Å². The van der Waals surface area contributed by atoms with Crippen LogP contribution in [0, 0.1) is 6.92 Å². The quantitative estimate of drug-likeness (QED) is 0.518. The third-order valence-electron chi connectivity index (χ3n) is 5.53. The van der Waals surface area contributed by atoms with Crippen LogP contribution in [-0.2, 0) is 6.54 Å². The number of amides is 1. The minimum Gasteiger partial charge on any atom is -0.463 e. The second kappa shape index (κ2) is 7.76. The highest BCUT2D eigenvalue weighted by molar-refractivity contribution is 6.06. The first kappa shape index (κ1) is 18.6. The molecular weight excluding hydrogens is 380 g/mol. The Hall–Kier alpha value is -3.45. The van der Waals surface area contributed by atoms with E-state index in [4.69, 9.17) is 8.94 Å². The molecule has 1 fully saturated rings. The molecule has 0 spiro atoms. The predicted octanol–water partition coefficient (Wildman–Crippen LogP) is 3.75. The lowest BCUT2D eigenvalue weighted by Gasteiger charge is -2.35. The van der Waals surface area contributed by atoms with E-state index in [0.717, 1.165) is 19.6 Å². The normalized spacial score (nSPS) is 15.0. The van der Waals surface area contributed by atoms with E-state index in [0.29, 0.717) is 46.9 Å². The molecule has 1 aromatic carbocycles. The van der Waals surface area contributed by atoms with Crippen LogP contribution in [0.1, 0.15) is 21.6 Å². The third kappa shape index (κ3) is 3.48. The second-order valence-electron chi connectivity index (χ2n) is 7.53. The monoisotopic (exact) mass is 402 g/mol. The number of aryl methyl sites for hydroxylation is 1. The number of carbonyl (C=O) groups excluding carboxylic acids is 1. The Bertz CT molecular complexity index is 1160. The maximum Gasteiger partial charge on any atom is 0.259 e. The molecule has 152 valence electrons. The summed E-state index contributed by atoms with van der Waals surface area (Å²) >= 11 is 0. The van der Waals surface area contributed by atoms with Crippen molar-refractivity contribution in [2.24, 2.45) is 0 Å². The summed E-state index contributed by atoms with van der Waals surface area (Å²) in [4.78, 5) is 22.2. The van der Waals surface area contributed by atoms with E-state index >= 15 is 0 Å². The molecule has 7 nitrogen and oxygen atoms in total. The maximum atomic E-state index is 13.4. The molecule has 7 heteroatoms. The Kier molecular flexibility index (Phi) is 4.80. The molecule has 0 atom stereocenters. The number of benzene rings is 1. The Morgan fingerprint density at radius 2 is 1.87 bits per heavy atom.